The summed E-state index contributed by atoms with van der Waals surface area (Å²) >= 11 is 0. The van der Waals surface area contributed by atoms with Crippen LogP contribution in [0.3, 0.4) is 0 Å². The monoisotopic (exact) mass is 266 g/mol. The van der Waals surface area contributed by atoms with Crippen LogP contribution >= 0.6 is 0 Å². The zero-order chi connectivity index (χ0) is 13.7. The summed E-state index contributed by atoms with van der Waals surface area (Å²) in [6.45, 7) is 2.02. The van der Waals surface area contributed by atoms with Gasteiger partial charge in [0.15, 0.2) is 0 Å². The van der Waals surface area contributed by atoms with Gasteiger partial charge in [0.05, 0.1) is 0 Å². The topological polar surface area (TPSA) is 49.5 Å². The van der Waals surface area contributed by atoms with Crippen LogP contribution in [-0.4, -0.2) is 29.2 Å². The van der Waals surface area contributed by atoms with E-state index in [1.807, 2.05) is 12.1 Å². The van der Waals surface area contributed by atoms with Crippen molar-refractivity contribution in [2.24, 2.45) is 5.73 Å². The maximum absolute atomic E-state index is 14.0. The van der Waals surface area contributed by atoms with Crippen molar-refractivity contribution in [2.75, 3.05) is 13.2 Å². The molecule has 1 saturated carbocycles. The molecule has 0 aliphatic heterocycles. The van der Waals surface area contributed by atoms with Gasteiger partial charge in [-0.25, -0.2) is 4.39 Å². The average Bonchev–Trinajstić information content (AvgIpc) is 2.36. The van der Waals surface area contributed by atoms with Gasteiger partial charge in [0, 0.05) is 37.8 Å². The van der Waals surface area contributed by atoms with Crippen molar-refractivity contribution in [2.45, 2.75) is 44.8 Å². The summed E-state index contributed by atoms with van der Waals surface area (Å²) < 4.78 is 14.0. The first-order valence-corrected chi connectivity index (χ1v) is 7.07. The van der Waals surface area contributed by atoms with E-state index in [0.717, 1.165) is 24.1 Å². The van der Waals surface area contributed by atoms with E-state index in [2.05, 4.69) is 4.90 Å². The predicted octanol–water partition coefficient (Wildman–Crippen LogP) is 2.02. The van der Waals surface area contributed by atoms with Crippen molar-refractivity contribution in [1.29, 1.82) is 0 Å². The highest BCUT2D eigenvalue weighted by atomic mass is 19.1. The number of hydrogen-bond acceptors (Lipinski definition) is 3. The zero-order valence-electron chi connectivity index (χ0n) is 11.3. The summed E-state index contributed by atoms with van der Waals surface area (Å²) in [7, 11) is 0. The minimum Gasteiger partial charge on any atom is -0.396 e. The Hall–Kier alpha value is -0.970. The Morgan fingerprint density at radius 2 is 2.16 bits per heavy atom. The Morgan fingerprint density at radius 3 is 2.68 bits per heavy atom. The van der Waals surface area contributed by atoms with E-state index < -0.39 is 0 Å². The summed E-state index contributed by atoms with van der Waals surface area (Å²) in [5.41, 5.74) is 7.06. The van der Waals surface area contributed by atoms with E-state index in [-0.39, 0.29) is 12.4 Å². The molecule has 0 amide bonds. The van der Waals surface area contributed by atoms with Crippen molar-refractivity contribution >= 4 is 0 Å². The maximum atomic E-state index is 14.0. The molecule has 1 fully saturated rings. The molecule has 4 heteroatoms. The number of nitrogens with zero attached hydrogens (tertiary/aromatic N) is 1. The molecule has 2 rings (SSSR count). The summed E-state index contributed by atoms with van der Waals surface area (Å²) in [6.07, 6.45) is 4.38. The van der Waals surface area contributed by atoms with Crippen LogP contribution < -0.4 is 5.73 Å². The molecule has 0 unspecified atom stereocenters. The van der Waals surface area contributed by atoms with E-state index in [1.165, 1.54) is 25.3 Å². The Morgan fingerprint density at radius 1 is 1.37 bits per heavy atom. The number of halogens is 1. The highest BCUT2D eigenvalue weighted by Crippen LogP contribution is 2.27. The SMILES string of the molecule is NCc1ccc(CN(CCCO)C2CCC2)c(F)c1. The second kappa shape index (κ2) is 6.98. The van der Waals surface area contributed by atoms with Gasteiger partial charge in [0.2, 0.25) is 0 Å². The summed E-state index contributed by atoms with van der Waals surface area (Å²) in [6, 6.07) is 5.81. The van der Waals surface area contributed by atoms with Crippen LogP contribution in [0.25, 0.3) is 0 Å². The maximum Gasteiger partial charge on any atom is 0.128 e. The van der Waals surface area contributed by atoms with E-state index in [1.54, 1.807) is 0 Å². The molecule has 0 saturated heterocycles. The van der Waals surface area contributed by atoms with Crippen LogP contribution in [0.4, 0.5) is 4.39 Å². The van der Waals surface area contributed by atoms with Crippen LogP contribution in [0.2, 0.25) is 0 Å². The molecule has 0 atom stereocenters. The lowest BCUT2D eigenvalue weighted by atomic mass is 9.91. The molecular weight excluding hydrogens is 243 g/mol. The lowest BCUT2D eigenvalue weighted by molar-refractivity contribution is 0.108. The van der Waals surface area contributed by atoms with Crippen molar-refractivity contribution in [3.05, 3.63) is 35.1 Å². The zero-order valence-corrected chi connectivity index (χ0v) is 11.3. The van der Waals surface area contributed by atoms with Crippen LogP contribution in [0.15, 0.2) is 18.2 Å². The van der Waals surface area contributed by atoms with Crippen LogP contribution in [0, 0.1) is 5.82 Å². The molecule has 1 aromatic rings. The molecule has 1 aromatic carbocycles. The fourth-order valence-electron chi connectivity index (χ4n) is 2.48. The van der Waals surface area contributed by atoms with Gasteiger partial charge in [-0.05, 0) is 30.9 Å². The number of benzene rings is 1. The third kappa shape index (κ3) is 3.75. The van der Waals surface area contributed by atoms with Crippen molar-refractivity contribution in [3.8, 4) is 0 Å². The van der Waals surface area contributed by atoms with Crippen LogP contribution in [0.5, 0.6) is 0 Å². The number of rotatable bonds is 7. The van der Waals surface area contributed by atoms with Gasteiger partial charge in [0.25, 0.3) is 0 Å². The van der Waals surface area contributed by atoms with Crippen molar-refractivity contribution < 1.29 is 9.50 Å². The summed E-state index contributed by atoms with van der Waals surface area (Å²) in [5.74, 6) is -0.170. The summed E-state index contributed by atoms with van der Waals surface area (Å²) in [4.78, 5) is 2.29. The van der Waals surface area contributed by atoms with E-state index in [0.29, 0.717) is 19.1 Å². The van der Waals surface area contributed by atoms with Crippen molar-refractivity contribution in [3.63, 3.8) is 0 Å². The largest absolute Gasteiger partial charge is 0.396 e. The van der Waals surface area contributed by atoms with E-state index in [4.69, 9.17) is 10.8 Å². The highest BCUT2D eigenvalue weighted by Gasteiger charge is 2.25. The second-order valence-corrected chi connectivity index (χ2v) is 5.26. The standard InChI is InChI=1S/C15H23FN2O/c16-15-9-12(10-17)5-6-13(15)11-18(7-2-8-19)14-3-1-4-14/h5-6,9,14,19H,1-4,7-8,10-11,17H2. The first-order chi connectivity index (χ1) is 9.24. The normalized spacial score (nSPS) is 15.8. The molecule has 0 bridgehead atoms. The number of aliphatic hydroxyl groups excluding tert-OH is 1. The molecule has 3 N–H and O–H groups in total. The second-order valence-electron chi connectivity index (χ2n) is 5.26. The molecule has 0 radical (unpaired) electrons. The molecule has 1 aliphatic carbocycles. The molecule has 1 aliphatic rings. The lowest BCUT2D eigenvalue weighted by Gasteiger charge is -2.37. The summed E-state index contributed by atoms with van der Waals surface area (Å²) in [5, 5.41) is 8.96. The molecule has 3 nitrogen and oxygen atoms in total. The van der Waals surface area contributed by atoms with E-state index >= 15 is 0 Å². The van der Waals surface area contributed by atoms with Gasteiger partial charge in [-0.2, -0.15) is 0 Å². The van der Waals surface area contributed by atoms with Gasteiger partial charge in [-0.1, -0.05) is 18.6 Å². The fourth-order valence-corrected chi connectivity index (χ4v) is 2.48. The Bertz CT molecular complexity index is 407. The predicted molar refractivity (Wildman–Crippen MR) is 74.0 cm³/mol. The van der Waals surface area contributed by atoms with Gasteiger partial charge in [0.1, 0.15) is 5.82 Å². The van der Waals surface area contributed by atoms with Gasteiger partial charge in [-0.15, -0.1) is 0 Å². The van der Waals surface area contributed by atoms with E-state index in [9.17, 15) is 4.39 Å². The minimum atomic E-state index is -0.170. The molecule has 0 heterocycles. The fraction of sp³-hybridized carbons (Fsp3) is 0.600. The number of aliphatic hydroxyl groups is 1. The first kappa shape index (κ1) is 14.4. The Balaban J connectivity index is 2.02. The van der Waals surface area contributed by atoms with Crippen LogP contribution in [-0.2, 0) is 13.1 Å². The third-order valence-electron chi connectivity index (χ3n) is 3.92. The van der Waals surface area contributed by atoms with Crippen LogP contribution in [0.1, 0.15) is 36.8 Å². The minimum absolute atomic E-state index is 0.170. The highest BCUT2D eigenvalue weighted by molar-refractivity contribution is 5.24. The van der Waals surface area contributed by atoms with Gasteiger partial charge >= 0.3 is 0 Å². The number of hydrogen-bond donors (Lipinski definition) is 2. The molecule has 106 valence electrons. The molecule has 0 spiro atoms. The molecule has 0 aromatic heterocycles. The number of nitrogens with two attached hydrogens (primary N) is 1. The lowest BCUT2D eigenvalue weighted by Crippen LogP contribution is -2.40. The Labute approximate surface area is 114 Å². The quantitative estimate of drug-likeness (QED) is 0.794. The molecular formula is C15H23FN2O. The smallest absolute Gasteiger partial charge is 0.128 e. The third-order valence-corrected chi connectivity index (χ3v) is 3.92. The first-order valence-electron chi connectivity index (χ1n) is 7.07. The van der Waals surface area contributed by atoms with Crippen molar-refractivity contribution in [1.82, 2.24) is 4.90 Å². The average molecular weight is 266 g/mol. The molecule has 19 heavy (non-hydrogen) atoms. The van der Waals surface area contributed by atoms with Gasteiger partial charge in [-0.3, -0.25) is 4.90 Å². The van der Waals surface area contributed by atoms with Gasteiger partial charge < -0.3 is 10.8 Å². The Kier molecular flexibility index (Phi) is 5.31.